The minimum atomic E-state index is 0. The van der Waals surface area contributed by atoms with E-state index in [1.54, 1.807) is 0 Å². The Morgan fingerprint density at radius 2 is 2.05 bits per heavy atom. The number of hydrogen-bond acceptors (Lipinski definition) is 1. The molecule has 0 amide bonds. The van der Waals surface area contributed by atoms with Crippen molar-refractivity contribution in [3.8, 4) is 0 Å². The number of guanidine groups is 1. The summed E-state index contributed by atoms with van der Waals surface area (Å²) in [6.07, 6.45) is 4.13. The first-order valence-electron chi connectivity index (χ1n) is 7.84. The van der Waals surface area contributed by atoms with E-state index in [0.29, 0.717) is 6.04 Å². The lowest BCUT2D eigenvalue weighted by Gasteiger charge is -2.16. The first-order chi connectivity index (χ1) is 10.2. The zero-order chi connectivity index (χ0) is 15.1. The summed E-state index contributed by atoms with van der Waals surface area (Å²) >= 11 is 0. The SMILES string of the molecule is CCNC(=NCCc1c[nH]c2ccccc12)NC(C)CC.I. The molecule has 2 rings (SSSR count). The van der Waals surface area contributed by atoms with Crippen LogP contribution >= 0.6 is 24.0 Å². The molecule has 1 atom stereocenters. The number of nitrogens with zero attached hydrogens (tertiary/aromatic N) is 1. The fourth-order valence-electron chi connectivity index (χ4n) is 2.28. The number of aliphatic imine (C=N–C) groups is 1. The van der Waals surface area contributed by atoms with Gasteiger partial charge in [-0.15, -0.1) is 24.0 Å². The average Bonchev–Trinajstić information content (AvgIpc) is 2.91. The summed E-state index contributed by atoms with van der Waals surface area (Å²) in [7, 11) is 0. The zero-order valence-electron chi connectivity index (χ0n) is 13.6. The van der Waals surface area contributed by atoms with Gasteiger partial charge in [-0.1, -0.05) is 25.1 Å². The second-order valence-corrected chi connectivity index (χ2v) is 5.32. The van der Waals surface area contributed by atoms with E-state index < -0.39 is 0 Å². The Kier molecular flexibility index (Phi) is 8.30. The molecule has 0 aliphatic heterocycles. The van der Waals surface area contributed by atoms with Gasteiger partial charge in [0.15, 0.2) is 5.96 Å². The summed E-state index contributed by atoms with van der Waals surface area (Å²) in [5.41, 5.74) is 2.52. The third-order valence-electron chi connectivity index (χ3n) is 3.67. The molecule has 1 aromatic heterocycles. The lowest BCUT2D eigenvalue weighted by molar-refractivity contribution is 0.624. The first kappa shape index (κ1) is 18.8. The van der Waals surface area contributed by atoms with E-state index in [1.807, 2.05) is 0 Å². The van der Waals surface area contributed by atoms with Crippen molar-refractivity contribution >= 4 is 40.8 Å². The van der Waals surface area contributed by atoms with Crippen LogP contribution in [0.5, 0.6) is 0 Å². The molecule has 5 heteroatoms. The summed E-state index contributed by atoms with van der Waals surface area (Å²) in [4.78, 5) is 7.98. The molecule has 1 unspecified atom stereocenters. The van der Waals surface area contributed by atoms with Crippen molar-refractivity contribution in [2.75, 3.05) is 13.1 Å². The number of H-pyrrole nitrogens is 1. The van der Waals surface area contributed by atoms with Crippen LogP contribution in [0, 0.1) is 0 Å². The summed E-state index contributed by atoms with van der Waals surface area (Å²) in [5.74, 6) is 0.909. The second kappa shape index (κ2) is 9.71. The Balaban J connectivity index is 0.00000242. The van der Waals surface area contributed by atoms with Crippen LogP contribution < -0.4 is 10.6 Å². The number of benzene rings is 1. The van der Waals surface area contributed by atoms with Crippen molar-refractivity contribution in [3.05, 3.63) is 36.0 Å². The standard InChI is InChI=1S/C17H26N4.HI/c1-4-13(3)21-17(18-5-2)19-11-10-14-12-20-16-9-7-6-8-15(14)16;/h6-9,12-13,20H,4-5,10-11H2,1-3H3,(H2,18,19,21);1H. The summed E-state index contributed by atoms with van der Waals surface area (Å²) < 4.78 is 0. The number of halogens is 1. The topological polar surface area (TPSA) is 52.2 Å². The highest BCUT2D eigenvalue weighted by molar-refractivity contribution is 14.0. The maximum Gasteiger partial charge on any atom is 0.191 e. The van der Waals surface area contributed by atoms with E-state index >= 15 is 0 Å². The van der Waals surface area contributed by atoms with Crippen molar-refractivity contribution in [2.45, 2.75) is 39.7 Å². The molecule has 0 saturated carbocycles. The molecule has 0 radical (unpaired) electrons. The van der Waals surface area contributed by atoms with Crippen molar-refractivity contribution in [3.63, 3.8) is 0 Å². The van der Waals surface area contributed by atoms with Crippen LogP contribution in [-0.4, -0.2) is 30.1 Å². The predicted molar refractivity (Wildman–Crippen MR) is 106 cm³/mol. The lowest BCUT2D eigenvalue weighted by atomic mass is 10.1. The van der Waals surface area contributed by atoms with Gasteiger partial charge in [0.1, 0.15) is 0 Å². The molecular weight excluding hydrogens is 387 g/mol. The zero-order valence-corrected chi connectivity index (χ0v) is 16.0. The summed E-state index contributed by atoms with van der Waals surface area (Å²) in [6, 6.07) is 8.85. The van der Waals surface area contributed by atoms with Gasteiger partial charge < -0.3 is 15.6 Å². The monoisotopic (exact) mass is 414 g/mol. The van der Waals surface area contributed by atoms with E-state index in [9.17, 15) is 0 Å². The molecule has 0 aliphatic carbocycles. The van der Waals surface area contributed by atoms with Crippen LogP contribution in [0.4, 0.5) is 0 Å². The van der Waals surface area contributed by atoms with Crippen molar-refractivity contribution in [1.82, 2.24) is 15.6 Å². The van der Waals surface area contributed by atoms with Gasteiger partial charge in [-0.2, -0.15) is 0 Å². The number of para-hydroxylation sites is 1. The van der Waals surface area contributed by atoms with Gasteiger partial charge in [0.2, 0.25) is 0 Å². The van der Waals surface area contributed by atoms with Crippen LogP contribution in [0.15, 0.2) is 35.5 Å². The van der Waals surface area contributed by atoms with Gasteiger partial charge in [0, 0.05) is 36.2 Å². The third kappa shape index (κ3) is 5.19. The van der Waals surface area contributed by atoms with E-state index in [1.165, 1.54) is 16.5 Å². The van der Waals surface area contributed by atoms with Crippen LogP contribution in [0.2, 0.25) is 0 Å². The highest BCUT2D eigenvalue weighted by Crippen LogP contribution is 2.17. The molecule has 1 aromatic carbocycles. The molecule has 0 aliphatic rings. The number of hydrogen-bond donors (Lipinski definition) is 3. The van der Waals surface area contributed by atoms with Gasteiger partial charge in [0.05, 0.1) is 0 Å². The van der Waals surface area contributed by atoms with Gasteiger partial charge in [-0.25, -0.2) is 0 Å². The summed E-state index contributed by atoms with van der Waals surface area (Å²) in [6.45, 7) is 8.11. The fraction of sp³-hybridized carbons (Fsp3) is 0.471. The molecular formula is C17H27IN4. The quantitative estimate of drug-likeness (QED) is 0.384. The van der Waals surface area contributed by atoms with Crippen LogP contribution in [0.1, 0.15) is 32.8 Å². The molecule has 0 spiro atoms. The van der Waals surface area contributed by atoms with E-state index in [0.717, 1.165) is 31.9 Å². The number of aromatic nitrogens is 1. The molecule has 2 aromatic rings. The number of aromatic amines is 1. The van der Waals surface area contributed by atoms with Crippen LogP contribution in [0.25, 0.3) is 10.9 Å². The largest absolute Gasteiger partial charge is 0.361 e. The Labute approximate surface area is 150 Å². The minimum absolute atomic E-state index is 0. The lowest BCUT2D eigenvalue weighted by Crippen LogP contribution is -2.42. The summed E-state index contributed by atoms with van der Waals surface area (Å²) in [5, 5.41) is 8.01. The third-order valence-corrected chi connectivity index (χ3v) is 3.67. The molecule has 4 nitrogen and oxygen atoms in total. The Bertz CT molecular complexity index is 591. The van der Waals surface area contributed by atoms with Gasteiger partial charge >= 0.3 is 0 Å². The van der Waals surface area contributed by atoms with Gasteiger partial charge in [0.25, 0.3) is 0 Å². The van der Waals surface area contributed by atoms with Gasteiger partial charge in [-0.05, 0) is 38.3 Å². The van der Waals surface area contributed by atoms with Crippen molar-refractivity contribution < 1.29 is 0 Å². The maximum atomic E-state index is 4.66. The van der Waals surface area contributed by atoms with E-state index in [4.69, 9.17) is 0 Å². The average molecular weight is 414 g/mol. The molecule has 122 valence electrons. The van der Waals surface area contributed by atoms with E-state index in [2.05, 4.69) is 71.8 Å². The molecule has 1 heterocycles. The van der Waals surface area contributed by atoms with Crippen LogP contribution in [0.3, 0.4) is 0 Å². The Morgan fingerprint density at radius 1 is 1.27 bits per heavy atom. The normalized spacial score (nSPS) is 12.8. The fourth-order valence-corrected chi connectivity index (χ4v) is 2.28. The highest BCUT2D eigenvalue weighted by Gasteiger charge is 2.04. The minimum Gasteiger partial charge on any atom is -0.361 e. The molecule has 0 fully saturated rings. The maximum absolute atomic E-state index is 4.66. The smallest absolute Gasteiger partial charge is 0.191 e. The second-order valence-electron chi connectivity index (χ2n) is 5.32. The van der Waals surface area contributed by atoms with Crippen molar-refractivity contribution in [1.29, 1.82) is 0 Å². The Morgan fingerprint density at radius 3 is 2.77 bits per heavy atom. The van der Waals surface area contributed by atoms with Crippen LogP contribution in [-0.2, 0) is 6.42 Å². The molecule has 3 N–H and O–H groups in total. The number of fused-ring (bicyclic) bond motifs is 1. The predicted octanol–water partition coefficient (Wildman–Crippen LogP) is 3.68. The van der Waals surface area contributed by atoms with Gasteiger partial charge in [-0.3, -0.25) is 4.99 Å². The van der Waals surface area contributed by atoms with Crippen molar-refractivity contribution in [2.24, 2.45) is 4.99 Å². The number of rotatable bonds is 6. The van der Waals surface area contributed by atoms with E-state index in [-0.39, 0.29) is 24.0 Å². The molecule has 22 heavy (non-hydrogen) atoms. The number of nitrogens with one attached hydrogen (secondary N) is 3. The highest BCUT2D eigenvalue weighted by atomic mass is 127. The molecule has 0 saturated heterocycles. The first-order valence-corrected chi connectivity index (χ1v) is 7.84. The molecule has 0 bridgehead atoms. The Hall–Kier alpha value is -1.24.